The maximum atomic E-state index is 11.9. The summed E-state index contributed by atoms with van der Waals surface area (Å²) in [4.78, 5) is 10.8. The van der Waals surface area contributed by atoms with Crippen molar-refractivity contribution in [1.82, 2.24) is 4.72 Å². The van der Waals surface area contributed by atoms with Crippen molar-refractivity contribution in [3.05, 3.63) is 29.8 Å². The van der Waals surface area contributed by atoms with Gasteiger partial charge in [-0.3, -0.25) is 4.79 Å². The van der Waals surface area contributed by atoms with E-state index in [2.05, 4.69) is 4.72 Å². The minimum atomic E-state index is -3.86. The van der Waals surface area contributed by atoms with Crippen molar-refractivity contribution in [3.63, 3.8) is 0 Å². The maximum Gasteiger partial charge on any atom is 0.321 e. The normalized spacial score (nSPS) is 12.6. The molecule has 1 aromatic carbocycles. The molecule has 0 spiro atoms. The van der Waals surface area contributed by atoms with Gasteiger partial charge < -0.3 is 5.11 Å². The Morgan fingerprint density at radius 1 is 1.42 bits per heavy atom. The topological polar surface area (TPSA) is 107 Å². The van der Waals surface area contributed by atoms with Crippen LogP contribution in [0.15, 0.2) is 29.2 Å². The first-order valence-electron chi connectivity index (χ1n) is 5.61. The van der Waals surface area contributed by atoms with E-state index in [9.17, 15) is 13.2 Å². The first-order chi connectivity index (χ1) is 8.90. The summed E-state index contributed by atoms with van der Waals surface area (Å²) in [6, 6.07) is 6.56. The van der Waals surface area contributed by atoms with E-state index in [1.54, 1.807) is 6.92 Å². The Bertz CT molecular complexity index is 587. The van der Waals surface area contributed by atoms with Gasteiger partial charge in [-0.25, -0.2) is 8.42 Å². The van der Waals surface area contributed by atoms with Crippen molar-refractivity contribution in [2.45, 2.75) is 30.7 Å². The van der Waals surface area contributed by atoms with Crippen LogP contribution in [0, 0.1) is 11.3 Å². The molecule has 0 aromatic heterocycles. The molecule has 1 atom stereocenters. The lowest BCUT2D eigenvalue weighted by atomic mass is 10.2. The van der Waals surface area contributed by atoms with Crippen LogP contribution >= 0.6 is 0 Å². The monoisotopic (exact) mass is 282 g/mol. The summed E-state index contributed by atoms with van der Waals surface area (Å²) in [5.74, 6) is -1.22. The smallest absolute Gasteiger partial charge is 0.321 e. The van der Waals surface area contributed by atoms with Gasteiger partial charge in [0.25, 0.3) is 0 Å². The highest BCUT2D eigenvalue weighted by molar-refractivity contribution is 7.89. The molecule has 0 fully saturated rings. The second-order valence-corrected chi connectivity index (χ2v) is 5.61. The number of carbonyl (C=O) groups is 1. The summed E-state index contributed by atoms with van der Waals surface area (Å²) in [5.41, 5.74) is 0.701. The Morgan fingerprint density at radius 3 is 2.42 bits per heavy atom. The summed E-state index contributed by atoms with van der Waals surface area (Å²) in [7, 11) is -3.86. The van der Waals surface area contributed by atoms with E-state index in [1.807, 2.05) is 6.07 Å². The van der Waals surface area contributed by atoms with Crippen molar-refractivity contribution in [3.8, 4) is 6.07 Å². The zero-order chi connectivity index (χ0) is 14.5. The third kappa shape index (κ3) is 4.05. The summed E-state index contributed by atoms with van der Waals surface area (Å²) >= 11 is 0. The van der Waals surface area contributed by atoms with Gasteiger partial charge in [-0.2, -0.15) is 9.98 Å². The number of benzene rings is 1. The predicted molar refractivity (Wildman–Crippen MR) is 67.8 cm³/mol. The van der Waals surface area contributed by atoms with Crippen LogP contribution in [0.25, 0.3) is 0 Å². The highest BCUT2D eigenvalue weighted by Gasteiger charge is 2.23. The van der Waals surface area contributed by atoms with Crippen molar-refractivity contribution in [1.29, 1.82) is 5.26 Å². The van der Waals surface area contributed by atoms with Gasteiger partial charge in [0.2, 0.25) is 10.0 Å². The molecule has 1 unspecified atom stereocenters. The molecule has 0 radical (unpaired) electrons. The molecule has 102 valence electrons. The van der Waals surface area contributed by atoms with E-state index in [-0.39, 0.29) is 17.7 Å². The van der Waals surface area contributed by atoms with Crippen molar-refractivity contribution >= 4 is 16.0 Å². The molecule has 0 saturated heterocycles. The van der Waals surface area contributed by atoms with Crippen LogP contribution < -0.4 is 4.72 Å². The second-order valence-electron chi connectivity index (χ2n) is 3.90. The third-order valence-electron chi connectivity index (χ3n) is 2.52. The zero-order valence-electron chi connectivity index (χ0n) is 10.3. The summed E-state index contributed by atoms with van der Waals surface area (Å²) in [5, 5.41) is 17.3. The number of carboxylic acid groups (broad SMARTS) is 1. The predicted octanol–water partition coefficient (Wildman–Crippen LogP) is 0.894. The van der Waals surface area contributed by atoms with Gasteiger partial charge in [0, 0.05) is 0 Å². The number of nitriles is 1. The minimum Gasteiger partial charge on any atom is -0.480 e. The Kier molecular flexibility index (Phi) is 5.03. The van der Waals surface area contributed by atoms with Crippen molar-refractivity contribution < 1.29 is 18.3 Å². The minimum absolute atomic E-state index is 0.0195. The summed E-state index contributed by atoms with van der Waals surface area (Å²) < 4.78 is 26.0. The summed E-state index contributed by atoms with van der Waals surface area (Å²) in [6.45, 7) is 1.58. The van der Waals surface area contributed by atoms with E-state index in [1.165, 1.54) is 24.3 Å². The van der Waals surface area contributed by atoms with Crippen LogP contribution in [0.1, 0.15) is 18.9 Å². The lowest BCUT2D eigenvalue weighted by molar-refractivity contribution is -0.139. The molecule has 0 aliphatic rings. The van der Waals surface area contributed by atoms with E-state index >= 15 is 0 Å². The van der Waals surface area contributed by atoms with Crippen LogP contribution in [0.2, 0.25) is 0 Å². The summed E-state index contributed by atoms with van der Waals surface area (Å²) in [6.07, 6.45) is 0.349. The number of aliphatic carboxylic acids is 1. The van der Waals surface area contributed by atoms with Gasteiger partial charge >= 0.3 is 5.97 Å². The van der Waals surface area contributed by atoms with Crippen LogP contribution in [-0.4, -0.2) is 25.5 Å². The van der Waals surface area contributed by atoms with Gasteiger partial charge in [0.15, 0.2) is 0 Å². The molecule has 0 bridgehead atoms. The fourth-order valence-electron chi connectivity index (χ4n) is 1.44. The number of nitrogens with zero attached hydrogens (tertiary/aromatic N) is 1. The highest BCUT2D eigenvalue weighted by Crippen LogP contribution is 2.12. The maximum absolute atomic E-state index is 11.9. The van der Waals surface area contributed by atoms with Crippen molar-refractivity contribution in [2.75, 3.05) is 0 Å². The molecule has 0 amide bonds. The number of hydrogen-bond acceptors (Lipinski definition) is 4. The molecular formula is C12H14N2O4S. The number of carboxylic acids is 1. The first kappa shape index (κ1) is 15.1. The Morgan fingerprint density at radius 2 is 2.00 bits per heavy atom. The molecular weight excluding hydrogens is 268 g/mol. The fourth-order valence-corrected chi connectivity index (χ4v) is 2.71. The van der Waals surface area contributed by atoms with Crippen molar-refractivity contribution in [2.24, 2.45) is 0 Å². The van der Waals surface area contributed by atoms with Crippen LogP contribution in [0.5, 0.6) is 0 Å². The van der Waals surface area contributed by atoms with E-state index < -0.39 is 22.0 Å². The molecule has 1 rings (SSSR count). The van der Waals surface area contributed by atoms with Gasteiger partial charge in [-0.1, -0.05) is 19.1 Å². The number of hydrogen-bond donors (Lipinski definition) is 2. The van der Waals surface area contributed by atoms with Gasteiger partial charge in [-0.15, -0.1) is 0 Å². The van der Waals surface area contributed by atoms with Crippen LogP contribution in [0.4, 0.5) is 0 Å². The number of nitrogens with one attached hydrogen (secondary N) is 1. The quantitative estimate of drug-likeness (QED) is 0.805. The Balaban J connectivity index is 2.94. The molecule has 1 aromatic rings. The van der Waals surface area contributed by atoms with Crippen LogP contribution in [0.3, 0.4) is 0 Å². The van der Waals surface area contributed by atoms with Gasteiger partial charge in [-0.05, 0) is 24.1 Å². The number of sulfonamides is 1. The average Bonchev–Trinajstić information content (AvgIpc) is 2.37. The average molecular weight is 282 g/mol. The van der Waals surface area contributed by atoms with Gasteiger partial charge in [0.05, 0.1) is 17.4 Å². The molecule has 2 N–H and O–H groups in total. The van der Waals surface area contributed by atoms with Crippen LogP contribution in [-0.2, 0) is 21.2 Å². The molecule has 7 heteroatoms. The van der Waals surface area contributed by atoms with E-state index in [4.69, 9.17) is 10.4 Å². The lowest BCUT2D eigenvalue weighted by Crippen LogP contribution is -2.40. The number of rotatable bonds is 6. The third-order valence-corrected chi connectivity index (χ3v) is 4.01. The fraction of sp³-hybridized carbons (Fsp3) is 0.333. The van der Waals surface area contributed by atoms with E-state index in [0.717, 1.165) is 0 Å². The molecule has 0 heterocycles. The highest BCUT2D eigenvalue weighted by atomic mass is 32.2. The molecule has 0 saturated carbocycles. The SMILES string of the molecule is CCC(NS(=O)(=O)c1ccc(CC#N)cc1)C(=O)O. The zero-order valence-corrected chi connectivity index (χ0v) is 11.1. The van der Waals surface area contributed by atoms with Gasteiger partial charge in [0.1, 0.15) is 6.04 Å². The Hall–Kier alpha value is -1.91. The Labute approximate surface area is 111 Å². The lowest BCUT2D eigenvalue weighted by Gasteiger charge is -2.12. The largest absolute Gasteiger partial charge is 0.480 e. The molecule has 6 nitrogen and oxygen atoms in total. The second kappa shape index (κ2) is 6.31. The standard InChI is InChI=1S/C12H14N2O4S/c1-2-11(12(15)16)14-19(17,18)10-5-3-9(4-6-10)7-8-13/h3-6,11,14H,2,7H2,1H3,(H,15,16). The first-order valence-corrected chi connectivity index (χ1v) is 7.10. The molecule has 19 heavy (non-hydrogen) atoms. The molecule has 0 aliphatic carbocycles. The molecule has 0 aliphatic heterocycles. The van der Waals surface area contributed by atoms with E-state index in [0.29, 0.717) is 5.56 Å².